The summed E-state index contributed by atoms with van der Waals surface area (Å²) in [6.07, 6.45) is 1.98. The number of thiazole rings is 1. The molecule has 132 valence electrons. The van der Waals surface area contributed by atoms with Gasteiger partial charge in [0.25, 0.3) is 0 Å². The molecule has 1 fully saturated rings. The third kappa shape index (κ3) is 3.85. The number of nitriles is 2. The number of hydrogen-bond donors (Lipinski definition) is 0. The van der Waals surface area contributed by atoms with Crippen LogP contribution in [-0.4, -0.2) is 45.4 Å². The van der Waals surface area contributed by atoms with E-state index in [1.165, 1.54) is 11.3 Å². The molecule has 2 heterocycles. The molecule has 0 radical (unpaired) electrons. The molecule has 6 nitrogen and oxygen atoms in total. The van der Waals surface area contributed by atoms with Crippen molar-refractivity contribution in [1.82, 2.24) is 4.98 Å². The predicted octanol–water partition coefficient (Wildman–Crippen LogP) is 1.07. The quantitative estimate of drug-likeness (QED) is 0.810. The van der Waals surface area contributed by atoms with Crippen LogP contribution in [0.25, 0.3) is 11.6 Å². The number of hydrogen-bond acceptors (Lipinski definition) is 7. The summed E-state index contributed by atoms with van der Waals surface area (Å²) < 4.78 is 6.21. The smallest absolute Gasteiger partial charge is 0.186 e. The van der Waals surface area contributed by atoms with Crippen molar-refractivity contribution in [3.05, 3.63) is 39.7 Å². The van der Waals surface area contributed by atoms with Crippen molar-refractivity contribution in [2.24, 2.45) is 0 Å². The monoisotopic (exact) mass is 365 g/mol. The number of ether oxygens (including phenoxy) is 1. The van der Waals surface area contributed by atoms with E-state index in [4.69, 9.17) is 4.74 Å². The normalized spacial score (nSPS) is 14.6. The van der Waals surface area contributed by atoms with E-state index in [0.717, 1.165) is 34.0 Å². The van der Waals surface area contributed by atoms with Gasteiger partial charge in [0.15, 0.2) is 10.7 Å². The summed E-state index contributed by atoms with van der Waals surface area (Å²) in [6, 6.07) is 12.0. The van der Waals surface area contributed by atoms with Crippen LogP contribution >= 0.6 is 11.3 Å². The van der Waals surface area contributed by atoms with Gasteiger partial charge in [-0.1, -0.05) is 23.5 Å². The van der Waals surface area contributed by atoms with Crippen LogP contribution in [0.3, 0.4) is 0 Å². The molecule has 0 N–H and O–H groups in total. The van der Waals surface area contributed by atoms with Crippen LogP contribution in [0, 0.1) is 22.7 Å². The highest BCUT2D eigenvalue weighted by molar-refractivity contribution is 7.13. The molecule has 2 aromatic rings. The second-order valence-electron chi connectivity index (χ2n) is 6.04. The Hall–Kier alpha value is -2.87. The third-order valence-corrected chi connectivity index (χ3v) is 5.15. The number of rotatable bonds is 3. The lowest BCUT2D eigenvalue weighted by atomic mass is 10.2. The van der Waals surface area contributed by atoms with Crippen LogP contribution in [0.2, 0.25) is 0 Å². The molecule has 26 heavy (non-hydrogen) atoms. The molecule has 3 rings (SSSR count). The highest BCUT2D eigenvalue weighted by Gasteiger charge is 2.15. The average Bonchev–Trinajstić information content (AvgIpc) is 3.08. The number of morpholine rings is 1. The fourth-order valence-corrected chi connectivity index (χ4v) is 3.72. The minimum Gasteiger partial charge on any atom is -0.378 e. The van der Waals surface area contributed by atoms with Crippen molar-refractivity contribution >= 4 is 33.8 Å². The van der Waals surface area contributed by atoms with E-state index in [1.54, 1.807) is 0 Å². The number of nitrogens with zero attached hydrogens (tertiary/aromatic N) is 5. The molecule has 1 aromatic carbocycles. The predicted molar refractivity (Wildman–Crippen MR) is 103 cm³/mol. The lowest BCUT2D eigenvalue weighted by molar-refractivity contribution is 0.122. The second-order valence-corrected chi connectivity index (χ2v) is 7.05. The van der Waals surface area contributed by atoms with Crippen LogP contribution in [0.15, 0.2) is 24.3 Å². The molecule has 1 aromatic heterocycles. The molecule has 7 heteroatoms. The van der Waals surface area contributed by atoms with Crippen LogP contribution in [0.1, 0.15) is 5.56 Å². The van der Waals surface area contributed by atoms with Crippen molar-refractivity contribution < 1.29 is 4.74 Å². The zero-order valence-corrected chi connectivity index (χ0v) is 15.6. The Balaban J connectivity index is 2.10. The van der Waals surface area contributed by atoms with Crippen LogP contribution in [0.4, 0.5) is 10.8 Å². The second kappa shape index (κ2) is 8.01. The van der Waals surface area contributed by atoms with E-state index in [2.05, 4.69) is 9.88 Å². The minimum atomic E-state index is 0.0388. The highest BCUT2D eigenvalue weighted by Crippen LogP contribution is 2.16. The van der Waals surface area contributed by atoms with Gasteiger partial charge >= 0.3 is 0 Å². The summed E-state index contributed by atoms with van der Waals surface area (Å²) in [7, 11) is 3.99. The molecule has 0 amide bonds. The first-order valence-electron chi connectivity index (χ1n) is 8.25. The Morgan fingerprint density at radius 2 is 1.85 bits per heavy atom. The van der Waals surface area contributed by atoms with Crippen molar-refractivity contribution in [3.8, 4) is 12.1 Å². The summed E-state index contributed by atoms with van der Waals surface area (Å²) in [5.74, 6) is 0. The molecule has 0 spiro atoms. The van der Waals surface area contributed by atoms with Gasteiger partial charge < -0.3 is 14.5 Å². The molecule has 0 atom stereocenters. The zero-order valence-electron chi connectivity index (χ0n) is 14.8. The fourth-order valence-electron chi connectivity index (χ4n) is 2.64. The van der Waals surface area contributed by atoms with Crippen molar-refractivity contribution in [3.63, 3.8) is 0 Å². The Morgan fingerprint density at radius 1 is 1.19 bits per heavy atom. The van der Waals surface area contributed by atoms with Crippen molar-refractivity contribution in [2.75, 3.05) is 50.2 Å². The van der Waals surface area contributed by atoms with Gasteiger partial charge in [-0.05, 0) is 23.8 Å². The molecule has 0 saturated carbocycles. The van der Waals surface area contributed by atoms with Gasteiger partial charge in [0.05, 0.1) is 17.7 Å². The lowest BCUT2D eigenvalue weighted by Crippen LogP contribution is -2.36. The molecular weight excluding hydrogens is 346 g/mol. The highest BCUT2D eigenvalue weighted by atomic mass is 32.1. The standard InChI is InChI=1S/C19H19N5OS/c1-23(2)16-5-3-14(4-6-16)11-17-18(15(12-20)13-21)22-19(26-17)24-7-9-25-10-8-24/h3-6,11H,7-10H2,1-2H3. The topological polar surface area (TPSA) is 76.2 Å². The third-order valence-electron chi connectivity index (χ3n) is 4.09. The van der Waals surface area contributed by atoms with Crippen LogP contribution < -0.4 is 19.7 Å². The maximum Gasteiger partial charge on any atom is 0.186 e. The Morgan fingerprint density at radius 3 is 2.42 bits per heavy atom. The summed E-state index contributed by atoms with van der Waals surface area (Å²) in [6.45, 7) is 2.84. The number of anilines is 2. The molecule has 0 bridgehead atoms. The van der Waals surface area contributed by atoms with Gasteiger partial charge in [-0.25, -0.2) is 4.98 Å². The first-order valence-corrected chi connectivity index (χ1v) is 9.07. The van der Waals surface area contributed by atoms with Gasteiger partial charge in [-0.2, -0.15) is 10.5 Å². The van der Waals surface area contributed by atoms with Gasteiger partial charge in [-0.3, -0.25) is 0 Å². The van der Waals surface area contributed by atoms with Crippen molar-refractivity contribution in [2.45, 2.75) is 0 Å². The Kier molecular flexibility index (Phi) is 5.52. The van der Waals surface area contributed by atoms with Gasteiger partial charge in [0.1, 0.15) is 17.5 Å². The SMILES string of the molecule is CN(C)c1ccc(C=c2sc(N3CCOCC3)nc2=C(C#N)C#N)cc1. The molecule has 1 aliphatic heterocycles. The Bertz CT molecular complexity index is 957. The van der Waals surface area contributed by atoms with Crippen molar-refractivity contribution in [1.29, 1.82) is 10.5 Å². The first kappa shape index (κ1) is 17.9. The molecular formula is C19H19N5OS. The Labute approximate surface area is 156 Å². The molecule has 1 saturated heterocycles. The molecule has 0 unspecified atom stereocenters. The van der Waals surface area contributed by atoms with Crippen LogP contribution in [0.5, 0.6) is 0 Å². The number of benzene rings is 1. The molecule has 0 aliphatic carbocycles. The van der Waals surface area contributed by atoms with E-state index < -0.39 is 0 Å². The first-order chi connectivity index (χ1) is 12.6. The van der Waals surface area contributed by atoms with E-state index in [0.29, 0.717) is 18.6 Å². The van der Waals surface area contributed by atoms with E-state index in [-0.39, 0.29) is 5.57 Å². The lowest BCUT2D eigenvalue weighted by Gasteiger charge is -2.25. The average molecular weight is 365 g/mol. The van der Waals surface area contributed by atoms with Gasteiger partial charge in [-0.15, -0.1) is 0 Å². The number of aromatic nitrogens is 1. The fraction of sp³-hybridized carbons (Fsp3) is 0.316. The largest absolute Gasteiger partial charge is 0.378 e. The summed E-state index contributed by atoms with van der Waals surface area (Å²) in [5, 5.41) is 19.9. The summed E-state index contributed by atoms with van der Waals surface area (Å²) in [4.78, 5) is 8.76. The zero-order chi connectivity index (χ0) is 18.5. The van der Waals surface area contributed by atoms with E-state index in [9.17, 15) is 10.5 Å². The molecule has 1 aliphatic rings. The maximum absolute atomic E-state index is 9.29. The van der Waals surface area contributed by atoms with Gasteiger partial charge in [0.2, 0.25) is 0 Å². The minimum absolute atomic E-state index is 0.0388. The summed E-state index contributed by atoms with van der Waals surface area (Å²) >= 11 is 1.50. The summed E-state index contributed by atoms with van der Waals surface area (Å²) in [5.41, 5.74) is 2.16. The maximum atomic E-state index is 9.29. The van der Waals surface area contributed by atoms with E-state index >= 15 is 0 Å². The van der Waals surface area contributed by atoms with E-state index in [1.807, 2.05) is 61.5 Å². The van der Waals surface area contributed by atoms with Gasteiger partial charge in [0, 0.05) is 32.9 Å². The van der Waals surface area contributed by atoms with Crippen LogP contribution in [-0.2, 0) is 4.74 Å².